The molecule has 2 aliphatic heterocycles. The average Bonchev–Trinajstić information content (AvgIpc) is 3.28. The summed E-state index contributed by atoms with van der Waals surface area (Å²) < 4.78 is 10.1. The first-order chi connectivity index (χ1) is 13.6. The smallest absolute Gasteiger partial charge is 0.317 e. The lowest BCUT2D eigenvalue weighted by atomic mass is 9.74. The van der Waals surface area contributed by atoms with Crippen LogP contribution in [0.3, 0.4) is 0 Å². The van der Waals surface area contributed by atoms with E-state index in [0.717, 1.165) is 11.3 Å². The monoisotopic (exact) mass is 385 g/mol. The van der Waals surface area contributed by atoms with Gasteiger partial charge in [-0.15, -0.1) is 0 Å². The Balaban J connectivity index is 1.32. The Morgan fingerprint density at radius 3 is 2.93 bits per heavy atom. The van der Waals surface area contributed by atoms with Gasteiger partial charge in [0.25, 0.3) is 0 Å². The normalized spacial score (nSPS) is 17.5. The van der Waals surface area contributed by atoms with Crippen molar-refractivity contribution in [2.75, 3.05) is 32.1 Å². The lowest BCUT2D eigenvalue weighted by Crippen LogP contribution is -2.50. The van der Waals surface area contributed by atoms with Crippen molar-refractivity contribution in [3.05, 3.63) is 41.5 Å². The van der Waals surface area contributed by atoms with E-state index in [1.807, 2.05) is 24.3 Å². The second-order valence-electron chi connectivity index (χ2n) is 7.07. The zero-order chi connectivity index (χ0) is 19.6. The van der Waals surface area contributed by atoms with E-state index in [1.54, 1.807) is 12.0 Å². The van der Waals surface area contributed by atoms with E-state index >= 15 is 0 Å². The number of piperidine rings is 1. The maximum Gasteiger partial charge on any atom is 0.317 e. The number of likely N-dealkylation sites (tertiary alicyclic amines) is 1. The molecule has 1 aromatic carbocycles. The molecule has 0 unspecified atom stereocenters. The average molecular weight is 385 g/mol. The van der Waals surface area contributed by atoms with Crippen molar-refractivity contribution in [3.63, 3.8) is 0 Å². The number of anilines is 1. The molecule has 3 heterocycles. The van der Waals surface area contributed by atoms with Gasteiger partial charge in [-0.3, -0.25) is 4.79 Å². The predicted molar refractivity (Wildman–Crippen MR) is 99.7 cm³/mol. The molecule has 3 amide bonds. The summed E-state index contributed by atoms with van der Waals surface area (Å²) in [5.41, 5.74) is 1.39. The van der Waals surface area contributed by atoms with Crippen LogP contribution >= 0.6 is 0 Å². The van der Waals surface area contributed by atoms with E-state index in [2.05, 4.69) is 20.8 Å². The van der Waals surface area contributed by atoms with Crippen molar-refractivity contribution < 1.29 is 18.8 Å². The third-order valence-electron chi connectivity index (χ3n) is 5.46. The number of urea groups is 1. The first-order valence-corrected chi connectivity index (χ1v) is 9.36. The largest absolute Gasteiger partial charge is 0.384 e. The van der Waals surface area contributed by atoms with Gasteiger partial charge < -0.3 is 24.8 Å². The number of nitrogens with one attached hydrogen (secondary N) is 2. The van der Waals surface area contributed by atoms with Crippen LogP contribution in [0.25, 0.3) is 0 Å². The van der Waals surface area contributed by atoms with E-state index in [9.17, 15) is 9.59 Å². The van der Waals surface area contributed by atoms with Gasteiger partial charge in [-0.05, 0) is 24.5 Å². The first kappa shape index (κ1) is 18.4. The summed E-state index contributed by atoms with van der Waals surface area (Å²) >= 11 is 0. The van der Waals surface area contributed by atoms with Crippen LogP contribution in [0.5, 0.6) is 0 Å². The third kappa shape index (κ3) is 3.33. The number of carbonyl (C=O) groups is 2. The van der Waals surface area contributed by atoms with Crippen LogP contribution in [-0.2, 0) is 27.9 Å². The maximum atomic E-state index is 12.6. The van der Waals surface area contributed by atoms with Crippen LogP contribution in [0.1, 0.15) is 30.1 Å². The van der Waals surface area contributed by atoms with Gasteiger partial charge in [-0.25, -0.2) is 4.79 Å². The summed E-state index contributed by atoms with van der Waals surface area (Å²) in [6.07, 6.45) is 1.77. The number of carbonyl (C=O) groups excluding carboxylic acids is 2. The Kier molecular flexibility index (Phi) is 4.99. The summed E-state index contributed by atoms with van der Waals surface area (Å²) in [4.78, 5) is 31.0. The molecular formula is C19H23N5O4. The van der Waals surface area contributed by atoms with E-state index in [0.29, 0.717) is 50.7 Å². The molecule has 1 fully saturated rings. The van der Waals surface area contributed by atoms with Crippen LogP contribution in [0, 0.1) is 0 Å². The Hall–Kier alpha value is -2.94. The van der Waals surface area contributed by atoms with Crippen molar-refractivity contribution in [3.8, 4) is 0 Å². The molecule has 0 aliphatic carbocycles. The van der Waals surface area contributed by atoms with Crippen LogP contribution < -0.4 is 10.6 Å². The van der Waals surface area contributed by atoms with Crippen molar-refractivity contribution >= 4 is 17.6 Å². The topological polar surface area (TPSA) is 110 Å². The van der Waals surface area contributed by atoms with Crippen LogP contribution in [-0.4, -0.2) is 53.8 Å². The number of aromatic nitrogens is 2. The summed E-state index contributed by atoms with van der Waals surface area (Å²) in [5, 5.41) is 9.62. The number of hydrogen-bond acceptors (Lipinski definition) is 6. The molecule has 1 spiro atoms. The summed E-state index contributed by atoms with van der Waals surface area (Å²) in [7, 11) is 1.61. The molecule has 148 valence electrons. The molecular weight excluding hydrogens is 362 g/mol. The fourth-order valence-electron chi connectivity index (χ4n) is 3.88. The van der Waals surface area contributed by atoms with Gasteiger partial charge >= 0.3 is 6.03 Å². The maximum absolute atomic E-state index is 12.6. The van der Waals surface area contributed by atoms with Crippen molar-refractivity contribution in [2.45, 2.75) is 31.2 Å². The fraction of sp³-hybridized carbons (Fsp3) is 0.474. The molecule has 0 saturated carbocycles. The first-order valence-electron chi connectivity index (χ1n) is 9.36. The number of para-hydroxylation sites is 1. The highest BCUT2D eigenvalue weighted by Crippen LogP contribution is 2.44. The lowest BCUT2D eigenvalue weighted by molar-refractivity contribution is -0.122. The van der Waals surface area contributed by atoms with Gasteiger partial charge in [0.2, 0.25) is 11.8 Å². The second kappa shape index (κ2) is 7.59. The van der Waals surface area contributed by atoms with E-state index in [4.69, 9.17) is 9.26 Å². The van der Waals surface area contributed by atoms with E-state index < -0.39 is 5.41 Å². The number of hydrogen-bond donors (Lipinski definition) is 2. The molecule has 4 rings (SSSR count). The zero-order valence-electron chi connectivity index (χ0n) is 15.7. The number of nitrogens with zero attached hydrogens (tertiary/aromatic N) is 3. The molecule has 1 saturated heterocycles. The molecule has 2 aliphatic rings. The number of methoxy groups -OCH3 is 1. The number of amides is 3. The minimum Gasteiger partial charge on any atom is -0.384 e. The Morgan fingerprint density at radius 1 is 1.36 bits per heavy atom. The number of ether oxygens (including phenoxy) is 1. The highest BCUT2D eigenvalue weighted by Gasteiger charge is 2.48. The predicted octanol–water partition coefficient (Wildman–Crippen LogP) is 1.45. The Labute approximate surface area is 162 Å². The van der Waals surface area contributed by atoms with E-state index in [-0.39, 0.29) is 18.5 Å². The second-order valence-corrected chi connectivity index (χ2v) is 7.07. The zero-order valence-corrected chi connectivity index (χ0v) is 15.7. The van der Waals surface area contributed by atoms with Crippen LogP contribution in [0.15, 0.2) is 28.8 Å². The van der Waals surface area contributed by atoms with Gasteiger partial charge in [0.15, 0.2) is 5.82 Å². The summed E-state index contributed by atoms with van der Waals surface area (Å²) in [5.74, 6) is 0.942. The molecule has 28 heavy (non-hydrogen) atoms. The minimum atomic E-state index is -0.532. The van der Waals surface area contributed by atoms with Gasteiger partial charge in [-0.2, -0.15) is 4.98 Å². The standard InChI is InChI=1S/C19H23N5O4/c1-27-11-6-15-22-16(28-23-15)12-20-18(26)24-9-7-19(8-10-24)13-4-2-3-5-14(13)21-17(19)25/h2-5H,6-12H2,1H3,(H,20,26)(H,21,25). The SMILES string of the molecule is COCCc1noc(CNC(=O)N2CCC3(CC2)C(=O)Nc2ccccc23)n1. The molecule has 9 nitrogen and oxygen atoms in total. The lowest BCUT2D eigenvalue weighted by Gasteiger charge is -2.37. The van der Waals surface area contributed by atoms with Crippen molar-refractivity contribution in [2.24, 2.45) is 0 Å². The van der Waals surface area contributed by atoms with Crippen LogP contribution in [0.2, 0.25) is 0 Å². The number of fused-ring (bicyclic) bond motifs is 2. The summed E-state index contributed by atoms with van der Waals surface area (Å²) in [6.45, 7) is 1.70. The number of rotatable bonds is 5. The fourth-order valence-corrected chi connectivity index (χ4v) is 3.88. The van der Waals surface area contributed by atoms with E-state index in [1.165, 1.54) is 0 Å². The van der Waals surface area contributed by atoms with Gasteiger partial charge in [0.1, 0.15) is 0 Å². The molecule has 1 aromatic heterocycles. The van der Waals surface area contributed by atoms with Gasteiger partial charge in [0.05, 0.1) is 18.6 Å². The van der Waals surface area contributed by atoms with Gasteiger partial charge in [-0.1, -0.05) is 23.4 Å². The quantitative estimate of drug-likeness (QED) is 0.806. The Morgan fingerprint density at radius 2 is 2.14 bits per heavy atom. The van der Waals surface area contributed by atoms with Crippen molar-refractivity contribution in [1.29, 1.82) is 0 Å². The highest BCUT2D eigenvalue weighted by molar-refractivity contribution is 6.06. The van der Waals surface area contributed by atoms with Gasteiger partial charge in [0, 0.05) is 32.3 Å². The summed E-state index contributed by atoms with van der Waals surface area (Å²) in [6, 6.07) is 7.59. The Bertz CT molecular complexity index is 873. The van der Waals surface area contributed by atoms with Crippen LogP contribution in [0.4, 0.5) is 10.5 Å². The highest BCUT2D eigenvalue weighted by atomic mass is 16.5. The molecule has 2 aromatic rings. The third-order valence-corrected chi connectivity index (χ3v) is 5.46. The van der Waals surface area contributed by atoms with Crippen molar-refractivity contribution in [1.82, 2.24) is 20.4 Å². The molecule has 2 N–H and O–H groups in total. The molecule has 9 heteroatoms. The minimum absolute atomic E-state index is 0.0307. The molecule has 0 radical (unpaired) electrons. The molecule has 0 atom stereocenters. The molecule has 0 bridgehead atoms. The number of benzene rings is 1.